The monoisotopic (exact) mass is 155 g/mol. The third-order valence-electron chi connectivity index (χ3n) is 3.36. The van der Waals surface area contributed by atoms with E-state index in [9.17, 15) is 0 Å². The third kappa shape index (κ3) is 2.19. The molecule has 0 saturated carbocycles. The zero-order valence-corrected chi connectivity index (χ0v) is 8.30. The van der Waals surface area contributed by atoms with Gasteiger partial charge in [-0.05, 0) is 37.8 Å². The molecule has 3 unspecified atom stereocenters. The Labute approximate surface area is 70.8 Å². The fourth-order valence-corrected chi connectivity index (χ4v) is 2.00. The van der Waals surface area contributed by atoms with Crippen molar-refractivity contribution < 1.29 is 0 Å². The maximum atomic E-state index is 2.46. The molecule has 1 heterocycles. The lowest BCUT2D eigenvalue weighted by Crippen LogP contribution is -2.24. The van der Waals surface area contributed by atoms with Crippen molar-refractivity contribution in [3.05, 3.63) is 0 Å². The van der Waals surface area contributed by atoms with Crippen molar-refractivity contribution >= 4 is 0 Å². The van der Waals surface area contributed by atoms with Gasteiger partial charge in [0.25, 0.3) is 0 Å². The van der Waals surface area contributed by atoms with Gasteiger partial charge in [-0.3, -0.25) is 0 Å². The first-order valence-corrected chi connectivity index (χ1v) is 4.79. The summed E-state index contributed by atoms with van der Waals surface area (Å²) >= 11 is 0. The summed E-state index contributed by atoms with van der Waals surface area (Å²) in [4.78, 5) is 2.46. The summed E-state index contributed by atoms with van der Waals surface area (Å²) in [5.41, 5.74) is 0. The predicted molar refractivity (Wildman–Crippen MR) is 49.6 cm³/mol. The fourth-order valence-electron chi connectivity index (χ4n) is 2.00. The Morgan fingerprint density at radius 3 is 2.36 bits per heavy atom. The molecule has 1 fully saturated rings. The smallest absolute Gasteiger partial charge is 0.000661 e. The molecule has 1 saturated heterocycles. The molecule has 3 atom stereocenters. The molecule has 0 bridgehead atoms. The van der Waals surface area contributed by atoms with Crippen molar-refractivity contribution in [2.45, 2.75) is 27.2 Å². The maximum absolute atomic E-state index is 2.46. The van der Waals surface area contributed by atoms with Crippen molar-refractivity contribution in [2.24, 2.45) is 17.8 Å². The standard InChI is InChI=1S/C10H21N/c1-8-5-6-11(4)7-9(2)10(8)3/h8-10H,5-7H2,1-4H3. The van der Waals surface area contributed by atoms with Crippen LogP contribution >= 0.6 is 0 Å². The number of hydrogen-bond acceptors (Lipinski definition) is 1. The van der Waals surface area contributed by atoms with Crippen LogP contribution < -0.4 is 0 Å². The molecule has 1 nitrogen and oxygen atoms in total. The molecular weight excluding hydrogens is 134 g/mol. The van der Waals surface area contributed by atoms with Crippen LogP contribution in [0.4, 0.5) is 0 Å². The van der Waals surface area contributed by atoms with Gasteiger partial charge in [0.1, 0.15) is 0 Å². The SMILES string of the molecule is CC1CCN(C)CC(C)C1C. The first kappa shape index (κ1) is 9.05. The molecule has 66 valence electrons. The summed E-state index contributed by atoms with van der Waals surface area (Å²) in [6.45, 7) is 9.74. The zero-order valence-electron chi connectivity index (χ0n) is 8.30. The summed E-state index contributed by atoms with van der Waals surface area (Å²) in [6, 6.07) is 0. The summed E-state index contributed by atoms with van der Waals surface area (Å²) in [5.74, 6) is 2.69. The Kier molecular flexibility index (Phi) is 2.94. The van der Waals surface area contributed by atoms with E-state index in [4.69, 9.17) is 0 Å². The summed E-state index contributed by atoms with van der Waals surface area (Å²) in [7, 11) is 2.24. The van der Waals surface area contributed by atoms with Crippen LogP contribution in [-0.4, -0.2) is 25.0 Å². The fraction of sp³-hybridized carbons (Fsp3) is 1.00. The second kappa shape index (κ2) is 3.57. The summed E-state index contributed by atoms with van der Waals surface area (Å²) in [6.07, 6.45) is 1.38. The van der Waals surface area contributed by atoms with Crippen LogP contribution in [0, 0.1) is 17.8 Å². The normalized spacial score (nSPS) is 42.0. The number of rotatable bonds is 0. The lowest BCUT2D eigenvalue weighted by molar-refractivity contribution is 0.265. The van der Waals surface area contributed by atoms with E-state index >= 15 is 0 Å². The minimum Gasteiger partial charge on any atom is -0.306 e. The highest BCUT2D eigenvalue weighted by atomic mass is 15.1. The van der Waals surface area contributed by atoms with Crippen LogP contribution in [0.2, 0.25) is 0 Å². The Balaban J connectivity index is 2.53. The number of hydrogen-bond donors (Lipinski definition) is 0. The molecule has 1 aliphatic rings. The van der Waals surface area contributed by atoms with Gasteiger partial charge in [-0.25, -0.2) is 0 Å². The highest BCUT2D eigenvalue weighted by Gasteiger charge is 2.23. The van der Waals surface area contributed by atoms with E-state index in [-0.39, 0.29) is 0 Å². The molecule has 1 aliphatic heterocycles. The molecular formula is C10H21N. The Morgan fingerprint density at radius 2 is 1.73 bits per heavy atom. The summed E-state index contributed by atoms with van der Waals surface area (Å²) < 4.78 is 0. The average molecular weight is 155 g/mol. The average Bonchev–Trinajstić information content (AvgIpc) is 2.05. The minimum atomic E-state index is 0.873. The van der Waals surface area contributed by atoms with Gasteiger partial charge >= 0.3 is 0 Å². The van der Waals surface area contributed by atoms with Gasteiger partial charge in [-0.1, -0.05) is 20.8 Å². The molecule has 1 rings (SSSR count). The topological polar surface area (TPSA) is 3.24 Å². The quantitative estimate of drug-likeness (QED) is 0.518. The van der Waals surface area contributed by atoms with Gasteiger partial charge in [0, 0.05) is 6.54 Å². The van der Waals surface area contributed by atoms with Gasteiger partial charge in [0.05, 0.1) is 0 Å². The van der Waals surface area contributed by atoms with E-state index in [0.29, 0.717) is 0 Å². The molecule has 0 radical (unpaired) electrons. The molecule has 1 heteroatoms. The highest BCUT2D eigenvalue weighted by Crippen LogP contribution is 2.26. The van der Waals surface area contributed by atoms with Crippen molar-refractivity contribution in [3.8, 4) is 0 Å². The van der Waals surface area contributed by atoms with E-state index in [0.717, 1.165) is 17.8 Å². The van der Waals surface area contributed by atoms with Crippen LogP contribution in [0.25, 0.3) is 0 Å². The van der Waals surface area contributed by atoms with Crippen LogP contribution in [0.3, 0.4) is 0 Å². The molecule has 0 aromatic carbocycles. The Hall–Kier alpha value is -0.0400. The van der Waals surface area contributed by atoms with E-state index in [2.05, 4.69) is 32.7 Å². The summed E-state index contributed by atoms with van der Waals surface area (Å²) in [5, 5.41) is 0. The zero-order chi connectivity index (χ0) is 8.43. The van der Waals surface area contributed by atoms with Gasteiger partial charge < -0.3 is 4.90 Å². The predicted octanol–water partition coefficient (Wildman–Crippen LogP) is 2.23. The molecule has 0 amide bonds. The molecule has 0 spiro atoms. The maximum Gasteiger partial charge on any atom is 0.000661 e. The van der Waals surface area contributed by atoms with Crippen molar-refractivity contribution in [1.29, 1.82) is 0 Å². The third-order valence-corrected chi connectivity index (χ3v) is 3.36. The van der Waals surface area contributed by atoms with E-state index in [1.165, 1.54) is 19.5 Å². The van der Waals surface area contributed by atoms with Crippen LogP contribution in [0.15, 0.2) is 0 Å². The molecule has 0 aromatic rings. The first-order chi connectivity index (χ1) is 5.11. The largest absolute Gasteiger partial charge is 0.306 e. The molecule has 0 aliphatic carbocycles. The van der Waals surface area contributed by atoms with Gasteiger partial charge in [0.15, 0.2) is 0 Å². The minimum absolute atomic E-state index is 0.873. The highest BCUT2D eigenvalue weighted by molar-refractivity contribution is 4.75. The second-order valence-electron chi connectivity index (χ2n) is 4.36. The van der Waals surface area contributed by atoms with Gasteiger partial charge in [-0.15, -0.1) is 0 Å². The van der Waals surface area contributed by atoms with Crippen LogP contribution in [0.1, 0.15) is 27.2 Å². The number of likely N-dealkylation sites (tertiary alicyclic amines) is 1. The lowest BCUT2D eigenvalue weighted by Gasteiger charge is -2.22. The first-order valence-electron chi connectivity index (χ1n) is 4.79. The Morgan fingerprint density at radius 1 is 1.09 bits per heavy atom. The molecule has 11 heavy (non-hydrogen) atoms. The van der Waals surface area contributed by atoms with Gasteiger partial charge in [-0.2, -0.15) is 0 Å². The van der Waals surface area contributed by atoms with Crippen molar-refractivity contribution in [3.63, 3.8) is 0 Å². The second-order valence-corrected chi connectivity index (χ2v) is 4.36. The lowest BCUT2D eigenvalue weighted by atomic mass is 9.85. The van der Waals surface area contributed by atoms with Crippen molar-refractivity contribution in [1.82, 2.24) is 4.90 Å². The van der Waals surface area contributed by atoms with Crippen LogP contribution in [-0.2, 0) is 0 Å². The van der Waals surface area contributed by atoms with Crippen molar-refractivity contribution in [2.75, 3.05) is 20.1 Å². The molecule has 0 aromatic heterocycles. The molecule has 0 N–H and O–H groups in total. The van der Waals surface area contributed by atoms with E-state index in [1.54, 1.807) is 0 Å². The van der Waals surface area contributed by atoms with E-state index < -0.39 is 0 Å². The van der Waals surface area contributed by atoms with E-state index in [1.807, 2.05) is 0 Å². The van der Waals surface area contributed by atoms with Crippen LogP contribution in [0.5, 0.6) is 0 Å². The van der Waals surface area contributed by atoms with Gasteiger partial charge in [0.2, 0.25) is 0 Å². The Bertz CT molecular complexity index is 122. The number of nitrogens with zero attached hydrogens (tertiary/aromatic N) is 1.